The van der Waals surface area contributed by atoms with E-state index in [0.29, 0.717) is 0 Å². The van der Waals surface area contributed by atoms with Crippen LogP contribution in [0.1, 0.15) is 0 Å². The third-order valence-corrected chi connectivity index (χ3v) is 7.16. The SMILES string of the molecule is NCCSc1ccc(SCCN)cc1.OCCSc1cccc(SCCO)c1. The molecule has 0 atom stereocenters. The molecule has 0 saturated carbocycles. The maximum atomic E-state index is 8.68. The molecule has 0 saturated heterocycles. The normalized spacial score (nSPS) is 10.4. The lowest BCUT2D eigenvalue weighted by Crippen LogP contribution is -2.01. The predicted octanol–water partition coefficient (Wildman–Crippen LogP) is 3.64. The van der Waals surface area contributed by atoms with Crippen LogP contribution >= 0.6 is 47.0 Å². The van der Waals surface area contributed by atoms with Crippen LogP contribution in [0.5, 0.6) is 0 Å². The minimum Gasteiger partial charge on any atom is -0.396 e. The molecule has 0 bridgehead atoms. The van der Waals surface area contributed by atoms with Crippen molar-refractivity contribution in [1.29, 1.82) is 0 Å². The Morgan fingerprint density at radius 3 is 1.32 bits per heavy atom. The second-order valence-corrected chi connectivity index (χ2v) is 10.0. The van der Waals surface area contributed by atoms with E-state index in [9.17, 15) is 0 Å². The van der Waals surface area contributed by atoms with Crippen LogP contribution in [0.25, 0.3) is 0 Å². The van der Waals surface area contributed by atoms with Crippen molar-refractivity contribution in [3.63, 3.8) is 0 Å². The summed E-state index contributed by atoms with van der Waals surface area (Å²) in [6.45, 7) is 1.88. The first kappa shape index (κ1) is 25.7. The van der Waals surface area contributed by atoms with E-state index >= 15 is 0 Å². The predicted molar refractivity (Wildman–Crippen MR) is 128 cm³/mol. The lowest BCUT2D eigenvalue weighted by Gasteiger charge is -2.03. The highest BCUT2D eigenvalue weighted by Crippen LogP contribution is 2.24. The Hall–Kier alpha value is -0.320. The van der Waals surface area contributed by atoms with E-state index < -0.39 is 0 Å². The average Bonchev–Trinajstić information content (AvgIpc) is 2.75. The van der Waals surface area contributed by atoms with Gasteiger partial charge in [0, 0.05) is 55.7 Å². The Kier molecular flexibility index (Phi) is 16.1. The molecule has 0 aromatic heterocycles. The molecule has 8 heteroatoms. The molecule has 0 aliphatic rings. The van der Waals surface area contributed by atoms with Gasteiger partial charge in [-0.3, -0.25) is 0 Å². The topological polar surface area (TPSA) is 92.5 Å². The van der Waals surface area contributed by atoms with Gasteiger partial charge in [-0.05, 0) is 42.5 Å². The first-order chi connectivity index (χ1) is 13.7. The summed E-state index contributed by atoms with van der Waals surface area (Å²) in [5.41, 5.74) is 10.9. The molecule has 0 amide bonds. The van der Waals surface area contributed by atoms with E-state index in [4.69, 9.17) is 21.7 Å². The molecule has 156 valence electrons. The summed E-state index contributed by atoms with van der Waals surface area (Å²) in [7, 11) is 0. The smallest absolute Gasteiger partial charge is 0.0525 e. The number of thioether (sulfide) groups is 4. The van der Waals surface area contributed by atoms with E-state index in [1.807, 2.05) is 18.2 Å². The van der Waals surface area contributed by atoms with Crippen molar-refractivity contribution in [3.8, 4) is 0 Å². The van der Waals surface area contributed by atoms with Gasteiger partial charge in [0.15, 0.2) is 0 Å². The van der Waals surface area contributed by atoms with E-state index in [-0.39, 0.29) is 13.2 Å². The lowest BCUT2D eigenvalue weighted by molar-refractivity contribution is 0.322. The summed E-state index contributed by atoms with van der Waals surface area (Å²) in [5, 5.41) is 17.4. The monoisotopic (exact) mass is 458 g/mol. The van der Waals surface area contributed by atoms with E-state index in [0.717, 1.165) is 36.1 Å². The second kappa shape index (κ2) is 17.5. The number of aliphatic hydroxyl groups is 2. The lowest BCUT2D eigenvalue weighted by atomic mass is 10.4. The van der Waals surface area contributed by atoms with Crippen molar-refractivity contribution < 1.29 is 10.2 Å². The van der Waals surface area contributed by atoms with Gasteiger partial charge in [0.1, 0.15) is 0 Å². The fraction of sp³-hybridized carbons (Fsp3) is 0.400. The van der Waals surface area contributed by atoms with Gasteiger partial charge in [0.2, 0.25) is 0 Å². The molecule has 0 spiro atoms. The maximum Gasteiger partial charge on any atom is 0.0525 e. The van der Waals surface area contributed by atoms with Gasteiger partial charge in [-0.1, -0.05) is 6.07 Å². The number of hydrogen-bond acceptors (Lipinski definition) is 8. The molecular formula is C20H30N2O2S4. The van der Waals surface area contributed by atoms with Crippen LogP contribution in [0.2, 0.25) is 0 Å². The van der Waals surface area contributed by atoms with Crippen molar-refractivity contribution >= 4 is 47.0 Å². The fourth-order valence-electron chi connectivity index (χ4n) is 1.97. The fourth-order valence-corrected chi connectivity index (χ4v) is 4.83. The maximum absolute atomic E-state index is 8.68. The third kappa shape index (κ3) is 12.3. The van der Waals surface area contributed by atoms with Crippen LogP contribution in [0, 0.1) is 0 Å². The zero-order valence-corrected chi connectivity index (χ0v) is 19.2. The average molecular weight is 459 g/mol. The van der Waals surface area contributed by atoms with Crippen molar-refractivity contribution in [1.82, 2.24) is 0 Å². The minimum absolute atomic E-state index is 0.207. The van der Waals surface area contributed by atoms with Crippen molar-refractivity contribution in [2.75, 3.05) is 49.3 Å². The molecular weight excluding hydrogens is 429 g/mol. The van der Waals surface area contributed by atoms with Crippen molar-refractivity contribution in [2.45, 2.75) is 19.6 Å². The Balaban J connectivity index is 0.000000280. The zero-order chi connectivity index (χ0) is 20.5. The zero-order valence-electron chi connectivity index (χ0n) is 16.0. The van der Waals surface area contributed by atoms with Crippen LogP contribution in [0.4, 0.5) is 0 Å². The Morgan fingerprint density at radius 1 is 0.571 bits per heavy atom. The first-order valence-corrected chi connectivity index (χ1v) is 13.0. The minimum atomic E-state index is 0.207. The molecule has 2 aromatic carbocycles. The molecule has 28 heavy (non-hydrogen) atoms. The molecule has 0 aliphatic heterocycles. The summed E-state index contributed by atoms with van der Waals surface area (Å²) < 4.78 is 0. The Morgan fingerprint density at radius 2 is 0.964 bits per heavy atom. The van der Waals surface area contributed by atoms with Crippen molar-refractivity contribution in [2.24, 2.45) is 11.5 Å². The van der Waals surface area contributed by atoms with Crippen LogP contribution in [0.3, 0.4) is 0 Å². The van der Waals surface area contributed by atoms with E-state index in [1.54, 1.807) is 47.0 Å². The molecule has 0 aliphatic carbocycles. The molecule has 4 nitrogen and oxygen atoms in total. The van der Waals surface area contributed by atoms with Crippen LogP contribution in [-0.2, 0) is 0 Å². The van der Waals surface area contributed by atoms with Gasteiger partial charge in [0.05, 0.1) is 13.2 Å². The summed E-state index contributed by atoms with van der Waals surface area (Å²) in [5.74, 6) is 3.42. The number of rotatable bonds is 12. The number of hydrogen-bond donors (Lipinski definition) is 4. The molecule has 0 unspecified atom stereocenters. The standard InChI is InChI=1S/C10H16N2S2.C10H14O2S2/c11-5-7-13-9-1-2-10(4-3-9)14-8-6-12;11-4-6-13-9-2-1-3-10(8-9)14-7-5-12/h1-4H,5-8,11-12H2;1-3,8,11-12H,4-7H2. The van der Waals surface area contributed by atoms with Gasteiger partial charge >= 0.3 is 0 Å². The number of benzene rings is 2. The highest BCUT2D eigenvalue weighted by Gasteiger charge is 1.97. The van der Waals surface area contributed by atoms with Crippen LogP contribution < -0.4 is 11.5 Å². The molecule has 0 radical (unpaired) electrons. The summed E-state index contributed by atoms with van der Waals surface area (Å²) in [6.07, 6.45) is 0. The largest absolute Gasteiger partial charge is 0.396 e. The number of nitrogens with two attached hydrogens (primary N) is 2. The third-order valence-electron chi connectivity index (χ3n) is 3.12. The second-order valence-electron chi connectivity index (χ2n) is 5.36. The van der Waals surface area contributed by atoms with E-state index in [1.165, 1.54) is 19.6 Å². The highest BCUT2D eigenvalue weighted by molar-refractivity contribution is 8.00. The molecule has 0 fully saturated rings. The summed E-state index contributed by atoms with van der Waals surface area (Å²) in [4.78, 5) is 4.91. The molecule has 2 rings (SSSR count). The van der Waals surface area contributed by atoms with E-state index in [2.05, 4.69) is 30.3 Å². The van der Waals surface area contributed by atoms with Gasteiger partial charge < -0.3 is 21.7 Å². The highest BCUT2D eigenvalue weighted by atomic mass is 32.2. The Bertz CT molecular complexity index is 580. The van der Waals surface area contributed by atoms with Gasteiger partial charge in [-0.2, -0.15) is 0 Å². The summed E-state index contributed by atoms with van der Waals surface area (Å²) in [6, 6.07) is 16.7. The van der Waals surface area contributed by atoms with Crippen LogP contribution in [-0.4, -0.2) is 59.5 Å². The molecule has 6 N–H and O–H groups in total. The first-order valence-electron chi connectivity index (χ1n) is 9.06. The van der Waals surface area contributed by atoms with Gasteiger partial charge in [0.25, 0.3) is 0 Å². The molecule has 0 heterocycles. The van der Waals surface area contributed by atoms with Gasteiger partial charge in [-0.25, -0.2) is 0 Å². The van der Waals surface area contributed by atoms with Gasteiger partial charge in [-0.15, -0.1) is 47.0 Å². The quantitative estimate of drug-likeness (QED) is 0.358. The molecule has 2 aromatic rings. The number of aliphatic hydroxyl groups excluding tert-OH is 2. The summed E-state index contributed by atoms with van der Waals surface area (Å²) >= 11 is 6.87. The Labute approximate surface area is 185 Å². The van der Waals surface area contributed by atoms with Crippen LogP contribution in [0.15, 0.2) is 68.1 Å². The van der Waals surface area contributed by atoms with Crippen molar-refractivity contribution in [3.05, 3.63) is 48.5 Å².